The van der Waals surface area contributed by atoms with E-state index in [4.69, 9.17) is 14.6 Å². The van der Waals surface area contributed by atoms with Crippen molar-refractivity contribution in [2.24, 2.45) is 5.16 Å². The van der Waals surface area contributed by atoms with Crippen molar-refractivity contribution < 1.29 is 9.57 Å². The van der Waals surface area contributed by atoms with E-state index in [-0.39, 0.29) is 6.61 Å². The van der Waals surface area contributed by atoms with Crippen LogP contribution in [0.15, 0.2) is 66.1 Å². The van der Waals surface area contributed by atoms with Gasteiger partial charge in [0.05, 0.1) is 18.7 Å². The monoisotopic (exact) mass is 426 g/mol. The SMILES string of the molecule is COc1ccc(-n2c(C)c(C)c3c2ncn2nc(CO/N=C/c4ccccc4)nc32)cc1. The second-order valence-electron chi connectivity index (χ2n) is 7.40. The van der Waals surface area contributed by atoms with Crippen molar-refractivity contribution in [1.82, 2.24) is 24.1 Å². The summed E-state index contributed by atoms with van der Waals surface area (Å²) in [7, 11) is 1.66. The number of methoxy groups -OCH3 is 1. The fourth-order valence-electron chi connectivity index (χ4n) is 3.75. The number of oxime groups is 1. The number of aromatic nitrogens is 5. The third-order valence-corrected chi connectivity index (χ3v) is 5.48. The lowest BCUT2D eigenvalue weighted by atomic mass is 10.2. The molecule has 0 spiro atoms. The molecule has 0 aliphatic carbocycles. The van der Waals surface area contributed by atoms with Gasteiger partial charge < -0.3 is 9.57 Å². The molecule has 2 aromatic carbocycles. The van der Waals surface area contributed by atoms with Gasteiger partial charge in [-0.15, -0.1) is 5.10 Å². The molecule has 0 saturated carbocycles. The standard InChI is InChI=1S/C24H22N6O2/c1-16-17(2)30(19-9-11-20(31-3)12-10-19)23-22(16)24-27-21(28-29(24)15-25-23)14-32-26-13-18-7-5-4-6-8-18/h4-13,15H,14H2,1-3H3/b26-13+. The highest BCUT2D eigenvalue weighted by atomic mass is 16.6. The Hall–Kier alpha value is -4.20. The molecule has 0 aliphatic rings. The number of nitrogens with zero attached hydrogens (tertiary/aromatic N) is 6. The Labute approximate surface area is 184 Å². The molecule has 0 bridgehead atoms. The molecule has 8 heteroatoms. The highest BCUT2D eigenvalue weighted by Crippen LogP contribution is 2.30. The van der Waals surface area contributed by atoms with Gasteiger partial charge in [-0.05, 0) is 49.2 Å². The Morgan fingerprint density at radius 1 is 1.00 bits per heavy atom. The predicted molar refractivity (Wildman–Crippen MR) is 122 cm³/mol. The minimum atomic E-state index is 0.170. The van der Waals surface area contributed by atoms with Crippen LogP contribution >= 0.6 is 0 Å². The quantitative estimate of drug-likeness (QED) is 0.300. The molecule has 5 aromatic rings. The number of hydrogen-bond donors (Lipinski definition) is 0. The molecule has 8 nitrogen and oxygen atoms in total. The summed E-state index contributed by atoms with van der Waals surface area (Å²) in [5, 5.41) is 9.48. The van der Waals surface area contributed by atoms with Gasteiger partial charge in [-0.25, -0.2) is 14.5 Å². The molecule has 3 heterocycles. The van der Waals surface area contributed by atoms with E-state index in [2.05, 4.69) is 33.7 Å². The zero-order chi connectivity index (χ0) is 22.1. The Bertz CT molecular complexity index is 1420. The van der Waals surface area contributed by atoms with Crippen molar-refractivity contribution in [2.75, 3.05) is 7.11 Å². The number of aryl methyl sites for hydroxylation is 1. The summed E-state index contributed by atoms with van der Waals surface area (Å²) >= 11 is 0. The van der Waals surface area contributed by atoms with E-state index in [1.165, 1.54) is 0 Å². The Balaban J connectivity index is 1.48. The van der Waals surface area contributed by atoms with Crippen LogP contribution in [0.5, 0.6) is 5.75 Å². The van der Waals surface area contributed by atoms with Gasteiger partial charge in [-0.3, -0.25) is 4.57 Å². The summed E-state index contributed by atoms with van der Waals surface area (Å²) in [4.78, 5) is 14.8. The van der Waals surface area contributed by atoms with Gasteiger partial charge in [-0.1, -0.05) is 35.5 Å². The van der Waals surface area contributed by atoms with Crippen molar-refractivity contribution in [3.8, 4) is 11.4 Å². The van der Waals surface area contributed by atoms with E-state index in [0.29, 0.717) is 5.82 Å². The van der Waals surface area contributed by atoms with Gasteiger partial charge in [-0.2, -0.15) is 0 Å². The predicted octanol–water partition coefficient (Wildman–Crippen LogP) is 4.24. The zero-order valence-corrected chi connectivity index (χ0v) is 18.1. The molecule has 0 unspecified atom stereocenters. The molecular formula is C24H22N6O2. The lowest BCUT2D eigenvalue weighted by molar-refractivity contribution is 0.126. The molecule has 0 aliphatic heterocycles. The molecular weight excluding hydrogens is 404 g/mol. The topological polar surface area (TPSA) is 78.8 Å². The summed E-state index contributed by atoms with van der Waals surface area (Å²) in [5.41, 5.74) is 5.76. The van der Waals surface area contributed by atoms with Gasteiger partial charge >= 0.3 is 0 Å². The smallest absolute Gasteiger partial charge is 0.192 e. The molecule has 0 saturated heterocycles. The number of benzene rings is 2. The lowest BCUT2D eigenvalue weighted by Crippen LogP contribution is -1.99. The van der Waals surface area contributed by atoms with Crippen molar-refractivity contribution in [1.29, 1.82) is 0 Å². The average molecular weight is 426 g/mol. The summed E-state index contributed by atoms with van der Waals surface area (Å²) in [6.45, 7) is 4.33. The second kappa shape index (κ2) is 8.14. The van der Waals surface area contributed by atoms with Crippen LogP contribution in [-0.4, -0.2) is 37.5 Å². The Kier molecular flexibility index (Phi) is 5.03. The van der Waals surface area contributed by atoms with Crippen LogP contribution in [-0.2, 0) is 11.4 Å². The first kappa shape index (κ1) is 19.7. The van der Waals surface area contributed by atoms with E-state index in [1.54, 1.807) is 24.2 Å². The normalized spacial score (nSPS) is 11.6. The lowest BCUT2D eigenvalue weighted by Gasteiger charge is -2.08. The summed E-state index contributed by atoms with van der Waals surface area (Å²) in [6, 6.07) is 17.7. The molecule has 0 N–H and O–H groups in total. The summed E-state index contributed by atoms with van der Waals surface area (Å²) in [6.07, 6.45) is 3.35. The van der Waals surface area contributed by atoms with E-state index >= 15 is 0 Å². The van der Waals surface area contributed by atoms with Crippen molar-refractivity contribution >= 4 is 22.9 Å². The van der Waals surface area contributed by atoms with Gasteiger partial charge in [0.15, 0.2) is 23.7 Å². The molecule has 160 valence electrons. The van der Waals surface area contributed by atoms with Crippen LogP contribution in [0.2, 0.25) is 0 Å². The molecule has 0 fully saturated rings. The number of ether oxygens (including phenoxy) is 1. The third kappa shape index (κ3) is 3.45. The highest BCUT2D eigenvalue weighted by Gasteiger charge is 2.19. The van der Waals surface area contributed by atoms with Crippen LogP contribution in [0.1, 0.15) is 22.6 Å². The maximum atomic E-state index is 5.41. The maximum absolute atomic E-state index is 5.41. The van der Waals surface area contributed by atoms with E-state index in [0.717, 1.165) is 44.9 Å². The minimum absolute atomic E-state index is 0.170. The Morgan fingerprint density at radius 2 is 1.78 bits per heavy atom. The first-order valence-corrected chi connectivity index (χ1v) is 10.2. The van der Waals surface area contributed by atoms with Gasteiger partial charge in [0, 0.05) is 11.4 Å². The van der Waals surface area contributed by atoms with Gasteiger partial charge in [0.2, 0.25) is 0 Å². The molecule has 0 atom stereocenters. The first-order valence-electron chi connectivity index (χ1n) is 10.2. The zero-order valence-electron chi connectivity index (χ0n) is 18.1. The minimum Gasteiger partial charge on any atom is -0.497 e. The summed E-state index contributed by atoms with van der Waals surface area (Å²) in [5.74, 6) is 1.35. The van der Waals surface area contributed by atoms with Crippen LogP contribution in [0, 0.1) is 13.8 Å². The molecule has 0 amide bonds. The summed E-state index contributed by atoms with van der Waals surface area (Å²) < 4.78 is 9.10. The third-order valence-electron chi connectivity index (χ3n) is 5.48. The molecule has 5 rings (SSSR count). The Morgan fingerprint density at radius 3 is 2.53 bits per heavy atom. The van der Waals surface area contributed by atoms with E-state index in [9.17, 15) is 0 Å². The maximum Gasteiger partial charge on any atom is 0.192 e. The highest BCUT2D eigenvalue weighted by molar-refractivity contribution is 5.95. The van der Waals surface area contributed by atoms with Gasteiger partial charge in [0.1, 0.15) is 12.1 Å². The van der Waals surface area contributed by atoms with E-state index in [1.807, 2.05) is 54.6 Å². The first-order chi connectivity index (χ1) is 15.7. The number of fused-ring (bicyclic) bond motifs is 3. The second-order valence-corrected chi connectivity index (χ2v) is 7.40. The fourth-order valence-corrected chi connectivity index (χ4v) is 3.75. The van der Waals surface area contributed by atoms with Crippen LogP contribution in [0.3, 0.4) is 0 Å². The fraction of sp³-hybridized carbons (Fsp3) is 0.167. The van der Waals surface area contributed by atoms with Crippen molar-refractivity contribution in [2.45, 2.75) is 20.5 Å². The van der Waals surface area contributed by atoms with Crippen LogP contribution in [0.25, 0.3) is 22.4 Å². The molecule has 3 aromatic heterocycles. The van der Waals surface area contributed by atoms with Crippen molar-refractivity contribution in [3.63, 3.8) is 0 Å². The van der Waals surface area contributed by atoms with E-state index < -0.39 is 0 Å². The number of rotatable bonds is 6. The average Bonchev–Trinajstić information content (AvgIpc) is 3.36. The van der Waals surface area contributed by atoms with Gasteiger partial charge in [0.25, 0.3) is 0 Å². The molecule has 32 heavy (non-hydrogen) atoms. The largest absolute Gasteiger partial charge is 0.497 e. The van der Waals surface area contributed by atoms with Crippen molar-refractivity contribution in [3.05, 3.63) is 83.6 Å². The van der Waals surface area contributed by atoms with Crippen LogP contribution in [0.4, 0.5) is 0 Å². The molecule has 0 radical (unpaired) electrons. The number of hydrogen-bond acceptors (Lipinski definition) is 6. The van der Waals surface area contributed by atoms with Crippen LogP contribution < -0.4 is 4.74 Å².